The molecular formula is C17H15N3O3. The average Bonchev–Trinajstić information content (AvgIpc) is 2.53. The second-order valence-corrected chi connectivity index (χ2v) is 5.21. The van der Waals surface area contributed by atoms with Gasteiger partial charge in [-0.25, -0.2) is 4.79 Å². The van der Waals surface area contributed by atoms with Crippen molar-refractivity contribution in [1.29, 1.82) is 0 Å². The topological polar surface area (TPSA) is 87.4 Å². The molecular weight excluding hydrogens is 294 g/mol. The summed E-state index contributed by atoms with van der Waals surface area (Å²) in [4.78, 5) is 30.1. The molecule has 0 aliphatic rings. The number of aliphatic imine (C=N–C) groups is 1. The number of benzene rings is 2. The van der Waals surface area contributed by atoms with Crippen molar-refractivity contribution >= 4 is 22.2 Å². The highest BCUT2D eigenvalue weighted by atomic mass is 16.3. The summed E-state index contributed by atoms with van der Waals surface area (Å²) < 4.78 is 0.971. The maximum Gasteiger partial charge on any atom is 0.330 e. The lowest BCUT2D eigenvalue weighted by Gasteiger charge is -2.08. The fourth-order valence-corrected chi connectivity index (χ4v) is 2.48. The van der Waals surface area contributed by atoms with Gasteiger partial charge >= 0.3 is 5.69 Å². The molecule has 0 saturated carbocycles. The number of rotatable bonds is 2. The van der Waals surface area contributed by atoms with Crippen LogP contribution in [-0.4, -0.2) is 20.4 Å². The second kappa shape index (κ2) is 5.57. The molecule has 0 spiro atoms. The van der Waals surface area contributed by atoms with Gasteiger partial charge in [-0.1, -0.05) is 36.4 Å². The van der Waals surface area contributed by atoms with Gasteiger partial charge in [-0.3, -0.25) is 19.3 Å². The van der Waals surface area contributed by atoms with E-state index >= 15 is 0 Å². The smallest absolute Gasteiger partial charge is 0.330 e. The van der Waals surface area contributed by atoms with Crippen LogP contribution in [0.2, 0.25) is 0 Å². The Morgan fingerprint density at radius 3 is 2.61 bits per heavy atom. The van der Waals surface area contributed by atoms with E-state index in [1.54, 1.807) is 6.92 Å². The molecule has 0 fully saturated rings. The van der Waals surface area contributed by atoms with E-state index < -0.39 is 17.1 Å². The summed E-state index contributed by atoms with van der Waals surface area (Å²) in [7, 11) is 1.38. The normalized spacial score (nSPS) is 11.8. The molecule has 116 valence electrons. The van der Waals surface area contributed by atoms with E-state index in [1.165, 1.54) is 7.05 Å². The van der Waals surface area contributed by atoms with Gasteiger partial charge in [0.2, 0.25) is 5.88 Å². The van der Waals surface area contributed by atoms with Crippen LogP contribution in [0, 0.1) is 0 Å². The molecule has 2 N–H and O–H groups in total. The molecule has 0 unspecified atom stereocenters. The summed E-state index contributed by atoms with van der Waals surface area (Å²) in [6.07, 6.45) is 0. The number of aromatic amines is 1. The van der Waals surface area contributed by atoms with E-state index in [0.29, 0.717) is 11.4 Å². The lowest BCUT2D eigenvalue weighted by Crippen LogP contribution is -2.32. The molecule has 0 aliphatic carbocycles. The Balaban J connectivity index is 2.23. The molecule has 2 aromatic carbocycles. The number of fused-ring (bicyclic) bond motifs is 1. The Bertz CT molecular complexity index is 1040. The van der Waals surface area contributed by atoms with Crippen molar-refractivity contribution in [2.75, 3.05) is 0 Å². The molecule has 0 atom stereocenters. The molecule has 6 heteroatoms. The number of aromatic hydroxyl groups is 1. The van der Waals surface area contributed by atoms with Crippen LogP contribution < -0.4 is 11.2 Å². The molecule has 6 nitrogen and oxygen atoms in total. The van der Waals surface area contributed by atoms with Gasteiger partial charge in [-0.2, -0.15) is 0 Å². The van der Waals surface area contributed by atoms with Crippen LogP contribution in [0.25, 0.3) is 10.8 Å². The third-order valence-electron chi connectivity index (χ3n) is 3.71. The minimum atomic E-state index is -0.672. The molecule has 1 aromatic heterocycles. The maximum atomic E-state index is 12.0. The fraction of sp³-hybridized carbons (Fsp3) is 0.118. The first-order chi connectivity index (χ1) is 11.0. The molecule has 0 saturated heterocycles. The highest BCUT2D eigenvalue weighted by Gasteiger charge is 2.15. The van der Waals surface area contributed by atoms with Crippen molar-refractivity contribution in [2.24, 2.45) is 12.0 Å². The van der Waals surface area contributed by atoms with E-state index in [-0.39, 0.29) is 5.56 Å². The molecule has 0 aliphatic heterocycles. The number of hydrogen-bond acceptors (Lipinski definition) is 4. The number of nitrogens with zero attached hydrogens (tertiary/aromatic N) is 2. The summed E-state index contributed by atoms with van der Waals surface area (Å²) in [5.74, 6) is -0.403. The van der Waals surface area contributed by atoms with Crippen molar-refractivity contribution in [3.63, 3.8) is 0 Å². The summed E-state index contributed by atoms with van der Waals surface area (Å²) in [6.45, 7) is 1.62. The Morgan fingerprint density at radius 1 is 1.13 bits per heavy atom. The van der Waals surface area contributed by atoms with Crippen molar-refractivity contribution in [1.82, 2.24) is 9.55 Å². The molecule has 0 bridgehead atoms. The van der Waals surface area contributed by atoms with Gasteiger partial charge in [-0.05, 0) is 18.4 Å². The monoisotopic (exact) mass is 309 g/mol. The van der Waals surface area contributed by atoms with Gasteiger partial charge in [-0.15, -0.1) is 0 Å². The lowest BCUT2D eigenvalue weighted by atomic mass is 10.1. The van der Waals surface area contributed by atoms with E-state index in [9.17, 15) is 14.7 Å². The maximum absolute atomic E-state index is 12.0. The van der Waals surface area contributed by atoms with E-state index in [2.05, 4.69) is 9.98 Å². The van der Waals surface area contributed by atoms with Crippen LogP contribution in [0.3, 0.4) is 0 Å². The van der Waals surface area contributed by atoms with Gasteiger partial charge in [0.25, 0.3) is 5.56 Å². The van der Waals surface area contributed by atoms with Gasteiger partial charge in [0.15, 0.2) is 0 Å². The van der Waals surface area contributed by atoms with Crippen LogP contribution in [-0.2, 0) is 7.05 Å². The molecule has 1 heterocycles. The Morgan fingerprint density at radius 2 is 1.83 bits per heavy atom. The third kappa shape index (κ3) is 2.55. The summed E-state index contributed by atoms with van der Waals surface area (Å²) in [5.41, 5.74) is -0.328. The quantitative estimate of drug-likeness (QED) is 0.710. The first kappa shape index (κ1) is 14.8. The molecule has 3 aromatic rings. The SMILES string of the molecule is CC(=Nc1cccc2ccccc12)c1c(O)n(C)c(=O)[nH]c1=O. The summed E-state index contributed by atoms with van der Waals surface area (Å²) in [6, 6.07) is 13.4. The zero-order valence-corrected chi connectivity index (χ0v) is 12.7. The van der Waals surface area contributed by atoms with Crippen LogP contribution >= 0.6 is 0 Å². The molecule has 0 radical (unpaired) electrons. The zero-order chi connectivity index (χ0) is 16.6. The minimum absolute atomic E-state index is 0.0139. The predicted molar refractivity (Wildman–Crippen MR) is 89.8 cm³/mol. The largest absolute Gasteiger partial charge is 0.494 e. The van der Waals surface area contributed by atoms with Crippen molar-refractivity contribution < 1.29 is 5.11 Å². The Hall–Kier alpha value is -3.15. The third-order valence-corrected chi connectivity index (χ3v) is 3.71. The number of aromatic nitrogens is 2. The highest BCUT2D eigenvalue weighted by molar-refractivity contribution is 6.04. The van der Waals surface area contributed by atoms with Gasteiger partial charge in [0.1, 0.15) is 5.56 Å². The Labute approximate surface area is 131 Å². The second-order valence-electron chi connectivity index (χ2n) is 5.21. The molecule has 3 rings (SSSR count). The zero-order valence-electron chi connectivity index (χ0n) is 12.7. The van der Waals surface area contributed by atoms with E-state index in [1.807, 2.05) is 42.5 Å². The van der Waals surface area contributed by atoms with Crippen LogP contribution in [0.15, 0.2) is 57.0 Å². The fourth-order valence-electron chi connectivity index (χ4n) is 2.48. The van der Waals surface area contributed by atoms with Gasteiger partial charge in [0, 0.05) is 12.4 Å². The standard InChI is InChI=1S/C17H15N3O3/c1-10(14-15(21)19-17(23)20(2)16(14)22)18-13-9-5-7-11-6-3-4-8-12(11)13/h3-9,22H,1-2H3,(H,19,21,23). The number of H-pyrrole nitrogens is 1. The predicted octanol–water partition coefficient (Wildman–Crippen LogP) is 2.07. The van der Waals surface area contributed by atoms with Gasteiger partial charge < -0.3 is 5.11 Å². The minimum Gasteiger partial charge on any atom is -0.494 e. The van der Waals surface area contributed by atoms with Gasteiger partial charge in [0.05, 0.1) is 11.4 Å². The average molecular weight is 309 g/mol. The molecule has 23 heavy (non-hydrogen) atoms. The number of hydrogen-bond donors (Lipinski definition) is 2. The van der Waals surface area contributed by atoms with E-state index in [0.717, 1.165) is 15.3 Å². The van der Waals surface area contributed by atoms with Crippen LogP contribution in [0.1, 0.15) is 12.5 Å². The van der Waals surface area contributed by atoms with E-state index in [4.69, 9.17) is 0 Å². The van der Waals surface area contributed by atoms with Crippen molar-refractivity contribution in [3.05, 3.63) is 68.9 Å². The van der Waals surface area contributed by atoms with Crippen LogP contribution in [0.4, 0.5) is 5.69 Å². The number of nitrogens with one attached hydrogen (secondary N) is 1. The Kier molecular flexibility index (Phi) is 3.57. The summed E-state index contributed by atoms with van der Waals surface area (Å²) in [5, 5.41) is 12.1. The van der Waals surface area contributed by atoms with Crippen molar-refractivity contribution in [2.45, 2.75) is 6.92 Å². The summed E-state index contributed by atoms with van der Waals surface area (Å²) >= 11 is 0. The lowest BCUT2D eigenvalue weighted by molar-refractivity contribution is 0.416. The first-order valence-electron chi connectivity index (χ1n) is 7.04. The molecule has 0 amide bonds. The highest BCUT2D eigenvalue weighted by Crippen LogP contribution is 2.26. The van der Waals surface area contributed by atoms with Crippen LogP contribution in [0.5, 0.6) is 5.88 Å². The van der Waals surface area contributed by atoms with Crippen molar-refractivity contribution in [3.8, 4) is 5.88 Å². The first-order valence-corrected chi connectivity index (χ1v) is 7.04.